The Kier molecular flexibility index (Phi) is 3.84. The van der Waals surface area contributed by atoms with E-state index in [1.54, 1.807) is 11.3 Å². The zero-order chi connectivity index (χ0) is 13.0. The van der Waals surface area contributed by atoms with E-state index in [-0.39, 0.29) is 17.1 Å². The molecule has 2 aromatic rings. The number of benzene rings is 1. The number of aromatic hydroxyl groups is 2. The molecule has 1 heterocycles. The summed E-state index contributed by atoms with van der Waals surface area (Å²) >= 11 is 1.61. The first-order valence-corrected chi connectivity index (χ1v) is 6.43. The predicted octanol–water partition coefficient (Wildman–Crippen LogP) is 2.13. The largest absolute Gasteiger partial charge is 0.507 e. The molecule has 0 fully saturated rings. The molecular formula is C13H13NO3S. The van der Waals surface area contributed by atoms with E-state index in [1.165, 1.54) is 18.2 Å². The van der Waals surface area contributed by atoms with Gasteiger partial charge in [0.1, 0.15) is 17.1 Å². The van der Waals surface area contributed by atoms with Gasteiger partial charge in [-0.2, -0.15) is 11.3 Å². The molecule has 0 aliphatic heterocycles. The molecule has 1 aromatic heterocycles. The molecular weight excluding hydrogens is 250 g/mol. The Morgan fingerprint density at radius 1 is 1.22 bits per heavy atom. The molecule has 1 amide bonds. The van der Waals surface area contributed by atoms with Crippen LogP contribution >= 0.6 is 11.3 Å². The Morgan fingerprint density at radius 2 is 1.94 bits per heavy atom. The van der Waals surface area contributed by atoms with Gasteiger partial charge in [-0.3, -0.25) is 4.79 Å². The maximum Gasteiger partial charge on any atom is 0.258 e. The lowest BCUT2D eigenvalue weighted by atomic mass is 10.1. The lowest BCUT2D eigenvalue weighted by molar-refractivity contribution is 0.0948. The van der Waals surface area contributed by atoms with E-state index in [4.69, 9.17) is 0 Å². The average molecular weight is 263 g/mol. The van der Waals surface area contributed by atoms with Gasteiger partial charge in [0.05, 0.1) is 0 Å². The standard InChI is InChI=1S/C13H13NO3S/c15-10-2-1-3-11(16)12(10)13(17)14-6-4-9-5-7-18-8-9/h1-3,5,7-8,15-16H,4,6H2,(H,14,17). The fourth-order valence-corrected chi connectivity index (χ4v) is 2.31. The van der Waals surface area contributed by atoms with Crippen LogP contribution in [0.2, 0.25) is 0 Å². The number of carbonyl (C=O) groups excluding carboxylic acids is 1. The zero-order valence-electron chi connectivity index (χ0n) is 9.59. The van der Waals surface area contributed by atoms with Crippen LogP contribution in [0.15, 0.2) is 35.0 Å². The summed E-state index contributed by atoms with van der Waals surface area (Å²) in [7, 11) is 0. The molecule has 0 aliphatic carbocycles. The Bertz CT molecular complexity index is 517. The van der Waals surface area contributed by atoms with Crippen molar-refractivity contribution in [3.05, 3.63) is 46.2 Å². The van der Waals surface area contributed by atoms with Crippen LogP contribution in [-0.4, -0.2) is 22.7 Å². The normalized spacial score (nSPS) is 10.2. The lowest BCUT2D eigenvalue weighted by Gasteiger charge is -2.07. The van der Waals surface area contributed by atoms with Crippen LogP contribution in [0, 0.1) is 0 Å². The maximum absolute atomic E-state index is 11.8. The number of hydrogen-bond donors (Lipinski definition) is 3. The first kappa shape index (κ1) is 12.4. The minimum absolute atomic E-state index is 0.0807. The molecule has 3 N–H and O–H groups in total. The highest BCUT2D eigenvalue weighted by atomic mass is 32.1. The third-order valence-corrected chi connectivity index (χ3v) is 3.26. The summed E-state index contributed by atoms with van der Waals surface area (Å²) in [4.78, 5) is 11.8. The van der Waals surface area contributed by atoms with Crippen molar-refractivity contribution >= 4 is 17.2 Å². The van der Waals surface area contributed by atoms with Gasteiger partial charge in [-0.1, -0.05) is 6.07 Å². The maximum atomic E-state index is 11.8. The van der Waals surface area contributed by atoms with Crippen molar-refractivity contribution < 1.29 is 15.0 Å². The van der Waals surface area contributed by atoms with Crippen molar-refractivity contribution in [2.24, 2.45) is 0 Å². The molecule has 0 unspecified atom stereocenters. The summed E-state index contributed by atoms with van der Waals surface area (Å²) in [6.07, 6.45) is 0.726. The SMILES string of the molecule is O=C(NCCc1ccsc1)c1c(O)cccc1O. The highest BCUT2D eigenvalue weighted by Gasteiger charge is 2.15. The molecule has 0 saturated heterocycles. The number of amides is 1. The van der Waals surface area contributed by atoms with E-state index in [0.717, 1.165) is 12.0 Å². The van der Waals surface area contributed by atoms with Crippen molar-refractivity contribution in [1.29, 1.82) is 0 Å². The quantitative estimate of drug-likeness (QED) is 0.791. The molecule has 1 aromatic carbocycles. The van der Waals surface area contributed by atoms with Gasteiger partial charge >= 0.3 is 0 Å². The van der Waals surface area contributed by atoms with Crippen LogP contribution in [0.25, 0.3) is 0 Å². The minimum atomic E-state index is -0.471. The summed E-state index contributed by atoms with van der Waals surface area (Å²) in [5.74, 6) is -0.910. The molecule has 0 saturated carbocycles. The fourth-order valence-electron chi connectivity index (χ4n) is 1.60. The smallest absolute Gasteiger partial charge is 0.258 e. The number of phenolic OH excluding ortho intramolecular Hbond substituents is 2. The molecule has 0 atom stereocenters. The summed E-state index contributed by atoms with van der Waals surface area (Å²) < 4.78 is 0. The van der Waals surface area contributed by atoms with Crippen LogP contribution in [-0.2, 0) is 6.42 Å². The summed E-state index contributed by atoms with van der Waals surface area (Å²) in [5.41, 5.74) is 1.07. The van der Waals surface area contributed by atoms with Gasteiger partial charge in [0.25, 0.3) is 5.91 Å². The van der Waals surface area contributed by atoms with Crippen LogP contribution in [0.5, 0.6) is 11.5 Å². The second kappa shape index (κ2) is 5.55. The van der Waals surface area contributed by atoms with Gasteiger partial charge < -0.3 is 15.5 Å². The highest BCUT2D eigenvalue weighted by Crippen LogP contribution is 2.25. The number of nitrogens with one attached hydrogen (secondary N) is 1. The first-order chi connectivity index (χ1) is 8.68. The third-order valence-electron chi connectivity index (χ3n) is 2.53. The number of rotatable bonds is 4. The molecule has 0 bridgehead atoms. The zero-order valence-corrected chi connectivity index (χ0v) is 10.4. The Labute approximate surface area is 109 Å². The topological polar surface area (TPSA) is 69.6 Å². The van der Waals surface area contributed by atoms with Crippen molar-refractivity contribution in [2.45, 2.75) is 6.42 Å². The van der Waals surface area contributed by atoms with Gasteiger partial charge in [-0.25, -0.2) is 0 Å². The third kappa shape index (κ3) is 2.81. The van der Waals surface area contributed by atoms with E-state index in [1.807, 2.05) is 16.8 Å². The lowest BCUT2D eigenvalue weighted by Crippen LogP contribution is -2.25. The van der Waals surface area contributed by atoms with E-state index < -0.39 is 5.91 Å². The molecule has 94 valence electrons. The van der Waals surface area contributed by atoms with Crippen LogP contribution in [0.3, 0.4) is 0 Å². The Hall–Kier alpha value is -2.01. The van der Waals surface area contributed by atoms with Crippen molar-refractivity contribution in [2.75, 3.05) is 6.54 Å². The molecule has 0 radical (unpaired) electrons. The van der Waals surface area contributed by atoms with Gasteiger partial charge in [0.15, 0.2) is 0 Å². The van der Waals surface area contributed by atoms with Gasteiger partial charge in [0, 0.05) is 6.54 Å². The number of hydrogen-bond acceptors (Lipinski definition) is 4. The fraction of sp³-hybridized carbons (Fsp3) is 0.154. The van der Waals surface area contributed by atoms with Crippen molar-refractivity contribution in [3.8, 4) is 11.5 Å². The number of thiophene rings is 1. The summed E-state index contributed by atoms with van der Waals surface area (Å²) in [5, 5.41) is 25.7. The monoisotopic (exact) mass is 263 g/mol. The van der Waals surface area contributed by atoms with Crippen molar-refractivity contribution in [1.82, 2.24) is 5.32 Å². The molecule has 4 nitrogen and oxygen atoms in total. The minimum Gasteiger partial charge on any atom is -0.507 e. The Balaban J connectivity index is 1.96. The molecule has 2 rings (SSSR count). The van der Waals surface area contributed by atoms with Gasteiger partial charge in [-0.15, -0.1) is 0 Å². The Morgan fingerprint density at radius 3 is 2.56 bits per heavy atom. The summed E-state index contributed by atoms with van der Waals surface area (Å²) in [6.45, 7) is 0.462. The predicted molar refractivity (Wildman–Crippen MR) is 70.1 cm³/mol. The second-order valence-electron chi connectivity index (χ2n) is 3.81. The summed E-state index contributed by atoms with van der Waals surface area (Å²) in [6, 6.07) is 6.21. The molecule has 5 heteroatoms. The van der Waals surface area contributed by atoms with Gasteiger partial charge in [-0.05, 0) is 40.9 Å². The van der Waals surface area contributed by atoms with Gasteiger partial charge in [0.2, 0.25) is 0 Å². The molecule has 18 heavy (non-hydrogen) atoms. The molecule has 0 spiro atoms. The number of phenols is 2. The van der Waals surface area contributed by atoms with E-state index >= 15 is 0 Å². The highest BCUT2D eigenvalue weighted by molar-refractivity contribution is 7.07. The number of carbonyl (C=O) groups is 1. The van der Waals surface area contributed by atoms with Crippen molar-refractivity contribution in [3.63, 3.8) is 0 Å². The molecule has 0 aliphatic rings. The van der Waals surface area contributed by atoms with Crippen LogP contribution in [0.4, 0.5) is 0 Å². The van der Waals surface area contributed by atoms with E-state index in [0.29, 0.717) is 6.54 Å². The second-order valence-corrected chi connectivity index (χ2v) is 4.59. The van der Waals surface area contributed by atoms with Crippen LogP contribution < -0.4 is 5.32 Å². The first-order valence-electron chi connectivity index (χ1n) is 5.48. The van der Waals surface area contributed by atoms with Crippen LogP contribution in [0.1, 0.15) is 15.9 Å². The van der Waals surface area contributed by atoms with E-state index in [2.05, 4.69) is 5.32 Å². The van der Waals surface area contributed by atoms with E-state index in [9.17, 15) is 15.0 Å². The average Bonchev–Trinajstić information content (AvgIpc) is 2.82.